The van der Waals surface area contributed by atoms with Crippen LogP contribution in [0, 0.1) is 6.92 Å². The van der Waals surface area contributed by atoms with Gasteiger partial charge >= 0.3 is 0 Å². The van der Waals surface area contributed by atoms with Gasteiger partial charge < -0.3 is 9.84 Å². The standard InChI is InChI=1S/C15H14BrN5O/c1-10-19-14(22-21-10)7-13(11-5-3-2-4-6-11)20-15-12(16)8-17-9-18-15/h2-6,8-9,13H,7H2,1H3,(H,17,18,20). The molecular weight excluding hydrogens is 346 g/mol. The molecule has 0 spiro atoms. The van der Waals surface area contributed by atoms with Crippen molar-refractivity contribution >= 4 is 21.7 Å². The van der Waals surface area contributed by atoms with Gasteiger partial charge in [-0.15, -0.1) is 0 Å². The average Bonchev–Trinajstić information content (AvgIpc) is 2.95. The molecule has 2 heterocycles. The van der Waals surface area contributed by atoms with Gasteiger partial charge in [0.2, 0.25) is 5.89 Å². The van der Waals surface area contributed by atoms with Crippen LogP contribution in [0.3, 0.4) is 0 Å². The Morgan fingerprint density at radius 3 is 2.77 bits per heavy atom. The summed E-state index contributed by atoms with van der Waals surface area (Å²) in [6.07, 6.45) is 3.78. The fourth-order valence-corrected chi connectivity index (χ4v) is 2.45. The van der Waals surface area contributed by atoms with Crippen molar-refractivity contribution in [2.45, 2.75) is 19.4 Å². The summed E-state index contributed by atoms with van der Waals surface area (Å²) in [7, 11) is 0. The smallest absolute Gasteiger partial charge is 0.229 e. The molecule has 1 N–H and O–H groups in total. The van der Waals surface area contributed by atoms with Crippen LogP contribution in [0.1, 0.15) is 23.3 Å². The molecule has 0 saturated heterocycles. The minimum Gasteiger partial charge on any atom is -0.362 e. The van der Waals surface area contributed by atoms with E-state index in [9.17, 15) is 0 Å². The van der Waals surface area contributed by atoms with Gasteiger partial charge in [-0.25, -0.2) is 9.97 Å². The van der Waals surface area contributed by atoms with Crippen LogP contribution in [0.5, 0.6) is 0 Å². The van der Waals surface area contributed by atoms with Gasteiger partial charge in [0.25, 0.3) is 0 Å². The van der Waals surface area contributed by atoms with Gasteiger partial charge in [0, 0.05) is 6.20 Å². The molecule has 22 heavy (non-hydrogen) atoms. The lowest BCUT2D eigenvalue weighted by Crippen LogP contribution is -2.15. The van der Waals surface area contributed by atoms with E-state index >= 15 is 0 Å². The third-order valence-corrected chi connectivity index (χ3v) is 3.71. The van der Waals surface area contributed by atoms with Crippen molar-refractivity contribution in [2.24, 2.45) is 0 Å². The number of halogens is 1. The largest absolute Gasteiger partial charge is 0.362 e. The Bertz CT molecular complexity index is 746. The molecule has 0 fully saturated rings. The highest BCUT2D eigenvalue weighted by Crippen LogP contribution is 2.26. The summed E-state index contributed by atoms with van der Waals surface area (Å²) in [5, 5.41) is 7.23. The monoisotopic (exact) mass is 359 g/mol. The number of nitrogens with zero attached hydrogens (tertiary/aromatic N) is 4. The summed E-state index contributed by atoms with van der Waals surface area (Å²) >= 11 is 3.45. The van der Waals surface area contributed by atoms with Gasteiger partial charge in [0.15, 0.2) is 5.82 Å². The van der Waals surface area contributed by atoms with Gasteiger partial charge in [-0.2, -0.15) is 4.98 Å². The average molecular weight is 360 g/mol. The zero-order valence-electron chi connectivity index (χ0n) is 11.9. The topological polar surface area (TPSA) is 76.7 Å². The van der Waals surface area contributed by atoms with Crippen molar-refractivity contribution in [1.29, 1.82) is 0 Å². The Labute approximate surface area is 136 Å². The first-order valence-corrected chi connectivity index (χ1v) is 7.58. The van der Waals surface area contributed by atoms with E-state index in [-0.39, 0.29) is 6.04 Å². The molecule has 7 heteroatoms. The molecule has 1 unspecified atom stereocenters. The van der Waals surface area contributed by atoms with Crippen LogP contribution in [-0.2, 0) is 6.42 Å². The lowest BCUT2D eigenvalue weighted by molar-refractivity contribution is 0.369. The summed E-state index contributed by atoms with van der Waals surface area (Å²) in [4.78, 5) is 12.5. The van der Waals surface area contributed by atoms with Gasteiger partial charge in [-0.3, -0.25) is 0 Å². The van der Waals surface area contributed by atoms with Crippen LogP contribution in [0.2, 0.25) is 0 Å². The molecule has 0 aliphatic rings. The molecule has 0 saturated carbocycles. The summed E-state index contributed by atoms with van der Waals surface area (Å²) in [6.45, 7) is 1.80. The van der Waals surface area contributed by atoms with E-state index in [1.54, 1.807) is 13.1 Å². The maximum Gasteiger partial charge on any atom is 0.229 e. The number of anilines is 1. The van der Waals surface area contributed by atoms with E-state index in [0.717, 1.165) is 15.9 Å². The molecular formula is C15H14BrN5O. The molecule has 0 aliphatic carbocycles. The Kier molecular flexibility index (Phi) is 4.43. The number of hydrogen-bond donors (Lipinski definition) is 1. The van der Waals surface area contributed by atoms with Gasteiger partial charge in [0.05, 0.1) is 16.9 Å². The summed E-state index contributed by atoms with van der Waals surface area (Å²) in [5.74, 6) is 1.94. The van der Waals surface area contributed by atoms with Crippen molar-refractivity contribution in [3.05, 3.63) is 64.6 Å². The van der Waals surface area contributed by atoms with Crippen molar-refractivity contribution < 1.29 is 4.52 Å². The van der Waals surface area contributed by atoms with Crippen molar-refractivity contribution in [2.75, 3.05) is 5.32 Å². The first-order valence-electron chi connectivity index (χ1n) is 6.78. The number of aryl methyl sites for hydroxylation is 1. The number of aromatic nitrogens is 4. The highest BCUT2D eigenvalue weighted by molar-refractivity contribution is 9.10. The summed E-state index contributed by atoms with van der Waals surface area (Å²) in [5.41, 5.74) is 1.11. The van der Waals surface area contributed by atoms with E-state index in [1.165, 1.54) is 6.33 Å². The highest BCUT2D eigenvalue weighted by Gasteiger charge is 2.17. The molecule has 0 bridgehead atoms. The molecule has 2 aromatic heterocycles. The maximum absolute atomic E-state index is 5.24. The molecule has 112 valence electrons. The number of benzene rings is 1. The number of rotatable bonds is 5. The summed E-state index contributed by atoms with van der Waals surface area (Å²) < 4.78 is 6.04. The second-order valence-electron chi connectivity index (χ2n) is 4.77. The second-order valence-corrected chi connectivity index (χ2v) is 5.62. The normalized spacial score (nSPS) is 12.1. The van der Waals surface area contributed by atoms with Crippen molar-refractivity contribution in [1.82, 2.24) is 20.1 Å². The van der Waals surface area contributed by atoms with Gasteiger partial charge in [0.1, 0.15) is 12.1 Å². The summed E-state index contributed by atoms with van der Waals surface area (Å²) in [6, 6.07) is 10.0. The zero-order valence-corrected chi connectivity index (χ0v) is 13.5. The Hall–Kier alpha value is -2.28. The van der Waals surface area contributed by atoms with E-state index in [1.807, 2.05) is 18.2 Å². The van der Waals surface area contributed by atoms with E-state index in [2.05, 4.69) is 53.5 Å². The van der Waals surface area contributed by atoms with E-state index in [0.29, 0.717) is 18.1 Å². The maximum atomic E-state index is 5.24. The Balaban J connectivity index is 1.88. The molecule has 3 aromatic rings. The van der Waals surface area contributed by atoms with E-state index in [4.69, 9.17) is 4.52 Å². The SMILES string of the molecule is Cc1noc(CC(Nc2ncncc2Br)c2ccccc2)n1. The van der Waals surface area contributed by atoms with Gasteiger partial charge in [-0.05, 0) is 28.4 Å². The highest BCUT2D eigenvalue weighted by atomic mass is 79.9. The third-order valence-electron chi connectivity index (χ3n) is 3.13. The molecule has 1 atom stereocenters. The third kappa shape index (κ3) is 3.48. The number of hydrogen-bond acceptors (Lipinski definition) is 6. The van der Waals surface area contributed by atoms with Crippen LogP contribution in [-0.4, -0.2) is 20.1 Å². The zero-order chi connectivity index (χ0) is 15.4. The van der Waals surface area contributed by atoms with Crippen LogP contribution in [0.4, 0.5) is 5.82 Å². The number of nitrogens with one attached hydrogen (secondary N) is 1. The first kappa shape index (κ1) is 14.6. The van der Waals surface area contributed by atoms with Crippen LogP contribution in [0.25, 0.3) is 0 Å². The second kappa shape index (κ2) is 6.65. The van der Waals surface area contributed by atoms with Crippen LogP contribution >= 0.6 is 15.9 Å². The first-order chi connectivity index (χ1) is 10.7. The molecule has 0 amide bonds. The van der Waals surface area contributed by atoms with Crippen LogP contribution < -0.4 is 5.32 Å². The Morgan fingerprint density at radius 2 is 2.09 bits per heavy atom. The molecule has 1 aromatic carbocycles. The lowest BCUT2D eigenvalue weighted by Gasteiger charge is -2.18. The van der Waals surface area contributed by atoms with Crippen molar-refractivity contribution in [3.63, 3.8) is 0 Å². The minimum atomic E-state index is -0.0350. The Morgan fingerprint density at radius 1 is 1.27 bits per heavy atom. The van der Waals surface area contributed by atoms with Gasteiger partial charge in [-0.1, -0.05) is 35.5 Å². The predicted molar refractivity (Wildman–Crippen MR) is 85.3 cm³/mol. The van der Waals surface area contributed by atoms with Crippen molar-refractivity contribution in [3.8, 4) is 0 Å². The molecule has 3 rings (SSSR count). The molecule has 6 nitrogen and oxygen atoms in total. The fourth-order valence-electron chi connectivity index (χ4n) is 2.12. The van der Waals surface area contributed by atoms with Crippen LogP contribution in [0.15, 0.2) is 51.9 Å². The fraction of sp³-hybridized carbons (Fsp3) is 0.200. The lowest BCUT2D eigenvalue weighted by atomic mass is 10.0. The quantitative estimate of drug-likeness (QED) is 0.752. The predicted octanol–water partition coefficient (Wildman–Crippen LogP) is 3.33. The molecule has 0 aliphatic heterocycles. The molecule has 0 radical (unpaired) electrons. The minimum absolute atomic E-state index is 0.0350. The van der Waals surface area contributed by atoms with E-state index < -0.39 is 0 Å².